The van der Waals surface area contributed by atoms with Crippen LogP contribution >= 0.6 is 0 Å². The van der Waals surface area contributed by atoms with Crippen molar-refractivity contribution >= 4 is 9.84 Å². The third-order valence-electron chi connectivity index (χ3n) is 2.51. The summed E-state index contributed by atoms with van der Waals surface area (Å²) in [5, 5.41) is 20.7. The molecule has 1 aromatic carbocycles. The van der Waals surface area contributed by atoms with Gasteiger partial charge in [0.25, 0.3) is 0 Å². The van der Waals surface area contributed by atoms with E-state index >= 15 is 0 Å². The summed E-state index contributed by atoms with van der Waals surface area (Å²) in [6.45, 7) is -0.698. The van der Waals surface area contributed by atoms with E-state index in [9.17, 15) is 28.6 Å². The summed E-state index contributed by atoms with van der Waals surface area (Å²) in [4.78, 5) is 19.6. The van der Waals surface area contributed by atoms with Crippen LogP contribution in [0.5, 0.6) is 0 Å². The maximum atomic E-state index is 11.5. The number of sulfone groups is 1. The van der Waals surface area contributed by atoms with Gasteiger partial charge in [0.2, 0.25) is 13.1 Å². The normalized spacial score (nSPS) is 11.2. The number of hydrogen-bond donors (Lipinski definition) is 0. The highest BCUT2D eigenvalue weighted by atomic mass is 32.2. The van der Waals surface area contributed by atoms with Gasteiger partial charge >= 0.3 is 0 Å². The third kappa shape index (κ3) is 5.31. The Hall–Kier alpha value is -2.03. The Morgan fingerprint density at radius 1 is 1.05 bits per heavy atom. The molecule has 1 aromatic rings. The molecule has 8 nitrogen and oxygen atoms in total. The van der Waals surface area contributed by atoms with Gasteiger partial charge in [0.1, 0.15) is 0 Å². The van der Waals surface area contributed by atoms with E-state index in [1.807, 2.05) is 0 Å². The minimum Gasteiger partial charge on any atom is -0.265 e. The molecule has 0 spiro atoms. The first kappa shape index (κ1) is 16.0. The molecule has 0 amide bonds. The van der Waals surface area contributed by atoms with Crippen LogP contribution in [0.3, 0.4) is 0 Å². The van der Waals surface area contributed by atoms with Gasteiger partial charge in [-0.1, -0.05) is 0 Å². The van der Waals surface area contributed by atoms with E-state index in [2.05, 4.69) is 6.07 Å². The van der Waals surface area contributed by atoms with Crippen LogP contribution in [0.4, 0.5) is 0 Å². The largest absolute Gasteiger partial charge is 0.265 e. The second-order valence-corrected chi connectivity index (χ2v) is 6.27. The van der Waals surface area contributed by atoms with E-state index < -0.39 is 19.7 Å². The molecule has 109 valence electrons. The molecule has 0 atom stereocenters. The van der Waals surface area contributed by atoms with Gasteiger partial charge in [-0.15, -0.1) is 0 Å². The lowest BCUT2D eigenvalue weighted by atomic mass is 10.1. The molecular weight excluding hydrogens is 288 g/mol. The molecule has 20 heavy (non-hydrogen) atoms. The molecule has 0 N–H and O–H groups in total. The van der Waals surface area contributed by atoms with Crippen molar-refractivity contribution in [2.45, 2.75) is 17.7 Å². The van der Waals surface area contributed by atoms with Crippen molar-refractivity contribution in [3.05, 3.63) is 49.6 Å². The van der Waals surface area contributed by atoms with E-state index in [-0.39, 0.29) is 30.8 Å². The lowest BCUT2D eigenvalue weighted by molar-refractivity contribution is -0.479. The maximum Gasteiger partial charge on any atom is 0.207 e. The van der Waals surface area contributed by atoms with Crippen LogP contribution in [0.1, 0.15) is 11.1 Å². The molecule has 0 saturated heterocycles. The fraction of sp³-hybridized carbons (Fsp3) is 0.455. The second-order valence-electron chi connectivity index (χ2n) is 4.25. The van der Waals surface area contributed by atoms with Gasteiger partial charge in [-0.25, -0.2) is 8.42 Å². The molecule has 0 aliphatic heterocycles. The Kier molecular flexibility index (Phi) is 5.14. The monoisotopic (exact) mass is 301 g/mol. The minimum atomic E-state index is -3.48. The highest BCUT2D eigenvalue weighted by molar-refractivity contribution is 7.90. The summed E-state index contributed by atoms with van der Waals surface area (Å²) in [6, 6.07) is 5.42. The zero-order valence-corrected chi connectivity index (χ0v) is 11.6. The van der Waals surface area contributed by atoms with E-state index in [0.29, 0.717) is 11.1 Å². The third-order valence-corrected chi connectivity index (χ3v) is 3.60. The highest BCUT2D eigenvalue weighted by Crippen LogP contribution is 2.16. The van der Waals surface area contributed by atoms with Crippen LogP contribution < -0.4 is 0 Å². The van der Waals surface area contributed by atoms with Crippen molar-refractivity contribution in [1.82, 2.24) is 0 Å². The summed E-state index contributed by atoms with van der Waals surface area (Å²) in [5.74, 6) is 0. The predicted molar refractivity (Wildman–Crippen MR) is 69.5 cm³/mol. The lowest BCUT2D eigenvalue weighted by Gasteiger charge is -2.06. The Morgan fingerprint density at radius 3 is 1.75 bits per heavy atom. The average Bonchev–Trinajstić information content (AvgIpc) is 2.32. The Morgan fingerprint density at radius 2 is 1.45 bits per heavy atom. The molecule has 0 aromatic heterocycles. The number of rotatable bonds is 7. The summed E-state index contributed by atoms with van der Waals surface area (Å²) < 4.78 is 23.1. The van der Waals surface area contributed by atoms with Crippen molar-refractivity contribution in [1.29, 1.82) is 0 Å². The Balaban J connectivity index is 3.07. The second kappa shape index (κ2) is 6.42. The van der Waals surface area contributed by atoms with Crippen molar-refractivity contribution in [3.8, 4) is 0 Å². The van der Waals surface area contributed by atoms with Gasteiger partial charge in [-0.2, -0.15) is 0 Å². The predicted octanol–water partition coefficient (Wildman–Crippen LogP) is 0.529. The van der Waals surface area contributed by atoms with Crippen LogP contribution in [-0.2, 0) is 22.7 Å². The topological polar surface area (TPSA) is 120 Å². The molecular formula is C11H13N2O6S. The molecule has 0 heterocycles. The lowest BCUT2D eigenvalue weighted by Crippen LogP contribution is -2.09. The van der Waals surface area contributed by atoms with Gasteiger partial charge in [0.05, 0.1) is 4.90 Å². The van der Waals surface area contributed by atoms with Crippen LogP contribution in [0.25, 0.3) is 0 Å². The zero-order chi connectivity index (χ0) is 15.3. The first-order chi connectivity index (χ1) is 9.18. The van der Waals surface area contributed by atoms with Crippen molar-refractivity contribution in [2.75, 3.05) is 19.3 Å². The van der Waals surface area contributed by atoms with Crippen molar-refractivity contribution in [3.63, 3.8) is 0 Å². The zero-order valence-electron chi connectivity index (χ0n) is 10.7. The van der Waals surface area contributed by atoms with Gasteiger partial charge in [-0.3, -0.25) is 20.2 Å². The van der Waals surface area contributed by atoms with Crippen LogP contribution in [-0.4, -0.2) is 37.6 Å². The molecule has 9 heteroatoms. The molecule has 0 aliphatic carbocycles. The number of hydrogen-bond acceptors (Lipinski definition) is 6. The molecule has 0 bridgehead atoms. The average molecular weight is 301 g/mol. The van der Waals surface area contributed by atoms with Crippen LogP contribution in [0, 0.1) is 26.3 Å². The number of benzene rings is 1. The SMILES string of the molecule is CS(=O)(=O)c1cc(CC[N+](=O)[O-])[c]c(CC[N+](=O)[O-])c1. The van der Waals surface area contributed by atoms with E-state index in [0.717, 1.165) is 6.26 Å². The van der Waals surface area contributed by atoms with Gasteiger partial charge in [-0.05, 0) is 29.3 Å². The van der Waals surface area contributed by atoms with Gasteiger partial charge in [0.15, 0.2) is 9.84 Å². The highest BCUT2D eigenvalue weighted by Gasteiger charge is 2.13. The molecule has 0 fully saturated rings. The van der Waals surface area contributed by atoms with Gasteiger partial charge in [0, 0.05) is 28.9 Å². The van der Waals surface area contributed by atoms with E-state index in [4.69, 9.17) is 0 Å². The fourth-order valence-electron chi connectivity index (χ4n) is 1.57. The fourth-order valence-corrected chi connectivity index (χ4v) is 2.28. The Labute approximate surface area is 115 Å². The summed E-state index contributed by atoms with van der Waals surface area (Å²) in [7, 11) is -3.48. The van der Waals surface area contributed by atoms with Gasteiger partial charge < -0.3 is 0 Å². The maximum absolute atomic E-state index is 11.5. The molecule has 1 rings (SSSR count). The number of nitrogens with zero attached hydrogens (tertiary/aromatic N) is 2. The Bertz CT molecular complexity index is 590. The molecule has 1 radical (unpaired) electrons. The quantitative estimate of drug-likeness (QED) is 0.535. The first-order valence-corrected chi connectivity index (χ1v) is 7.56. The molecule has 0 aliphatic rings. The number of nitro groups is 2. The van der Waals surface area contributed by atoms with E-state index in [1.165, 1.54) is 12.1 Å². The van der Waals surface area contributed by atoms with Crippen LogP contribution in [0.2, 0.25) is 0 Å². The summed E-state index contributed by atoms with van der Waals surface area (Å²) in [5.41, 5.74) is 0.728. The summed E-state index contributed by atoms with van der Waals surface area (Å²) >= 11 is 0. The smallest absolute Gasteiger partial charge is 0.207 e. The molecule has 0 unspecified atom stereocenters. The van der Waals surface area contributed by atoms with E-state index in [1.54, 1.807) is 0 Å². The standard InChI is InChI=1S/C11H13N2O6S/c1-20(18,19)11-7-9(2-4-12(14)15)6-10(8-11)3-5-13(16)17/h7-8H,2-5H2,1H3. The summed E-state index contributed by atoms with van der Waals surface area (Å²) in [6.07, 6.45) is 1.07. The van der Waals surface area contributed by atoms with Crippen LogP contribution in [0.15, 0.2) is 17.0 Å². The van der Waals surface area contributed by atoms with Crippen molar-refractivity contribution < 1.29 is 18.3 Å². The van der Waals surface area contributed by atoms with Crippen molar-refractivity contribution in [2.24, 2.45) is 0 Å². The first-order valence-electron chi connectivity index (χ1n) is 5.67. The molecule has 0 saturated carbocycles. The minimum absolute atomic E-state index is 0.00653.